The van der Waals surface area contributed by atoms with E-state index in [4.69, 9.17) is 14.6 Å². The molecule has 0 radical (unpaired) electrons. The van der Waals surface area contributed by atoms with Crippen molar-refractivity contribution in [2.75, 3.05) is 19.8 Å². The predicted molar refractivity (Wildman–Crippen MR) is 48.7 cm³/mol. The lowest BCUT2D eigenvalue weighted by molar-refractivity contribution is -0.276. The number of rotatable bonds is 1. The summed E-state index contributed by atoms with van der Waals surface area (Å²) in [5, 5.41) is 9.01. The first kappa shape index (κ1) is 12.1. The van der Waals surface area contributed by atoms with Gasteiger partial charge in [0.05, 0.1) is 25.2 Å². The lowest BCUT2D eigenvalue weighted by Gasteiger charge is -2.43. The number of alkyl halides is 3. The Hall–Kier alpha value is -0.330. The van der Waals surface area contributed by atoms with Crippen LogP contribution in [0.2, 0.25) is 0 Å². The molecule has 16 heavy (non-hydrogen) atoms. The Balaban J connectivity index is 2.07. The minimum absolute atomic E-state index is 0.132. The van der Waals surface area contributed by atoms with Crippen molar-refractivity contribution in [3.63, 3.8) is 0 Å². The lowest BCUT2D eigenvalue weighted by atomic mass is 9.72. The number of aliphatic hydroxyl groups excluding tert-OH is 1. The van der Waals surface area contributed by atoms with Gasteiger partial charge in [0.25, 0.3) is 0 Å². The number of hydrogen-bond donors (Lipinski definition) is 1. The minimum Gasteiger partial charge on any atom is -0.395 e. The van der Waals surface area contributed by atoms with Gasteiger partial charge in [0.2, 0.25) is 0 Å². The Morgan fingerprint density at radius 1 is 1.00 bits per heavy atom. The Kier molecular flexibility index (Phi) is 2.92. The van der Waals surface area contributed by atoms with E-state index in [0.29, 0.717) is 13.2 Å². The molecule has 1 heterocycles. The summed E-state index contributed by atoms with van der Waals surface area (Å²) in [4.78, 5) is 0. The summed E-state index contributed by atoms with van der Waals surface area (Å²) in [6.45, 7) is 0.0306. The summed E-state index contributed by atoms with van der Waals surface area (Å²) in [6.07, 6.45) is -4.22. The molecule has 0 atom stereocenters. The molecule has 0 aromatic rings. The molecule has 1 aliphatic heterocycles. The highest BCUT2D eigenvalue weighted by atomic mass is 19.4. The van der Waals surface area contributed by atoms with Crippen LogP contribution in [0.15, 0.2) is 0 Å². The Bertz CT molecular complexity index is 249. The van der Waals surface area contributed by atoms with Crippen LogP contribution in [-0.2, 0) is 9.47 Å². The molecule has 0 aromatic heterocycles. The molecule has 3 nitrogen and oxygen atoms in total. The summed E-state index contributed by atoms with van der Waals surface area (Å²) in [7, 11) is 0. The minimum atomic E-state index is -4.36. The number of halogens is 3. The van der Waals surface area contributed by atoms with Crippen LogP contribution in [0.5, 0.6) is 0 Å². The van der Waals surface area contributed by atoms with Gasteiger partial charge in [-0.2, -0.15) is 13.2 Å². The summed E-state index contributed by atoms with van der Waals surface area (Å²) in [5.74, 6) is -0.816. The van der Waals surface area contributed by atoms with E-state index in [0.717, 1.165) is 0 Å². The zero-order chi connectivity index (χ0) is 11.9. The molecular weight excluding hydrogens is 225 g/mol. The van der Waals surface area contributed by atoms with Crippen molar-refractivity contribution < 1.29 is 27.8 Å². The van der Waals surface area contributed by atoms with E-state index in [1.807, 2.05) is 0 Å². The Labute approximate surface area is 91.5 Å². The largest absolute Gasteiger partial charge is 0.396 e. The highest BCUT2D eigenvalue weighted by molar-refractivity contribution is 4.95. The van der Waals surface area contributed by atoms with Crippen LogP contribution in [0.1, 0.15) is 25.7 Å². The molecule has 2 fully saturated rings. The fourth-order valence-corrected chi connectivity index (χ4v) is 2.43. The standard InChI is InChI=1S/C10H15F3O3/c11-10(12,13)8(7-14)1-3-9(4-2-8)15-5-6-16-9/h14H,1-7H2. The molecule has 6 heteroatoms. The molecule has 1 N–H and O–H groups in total. The van der Waals surface area contributed by atoms with Gasteiger partial charge in [0.1, 0.15) is 0 Å². The first-order valence-corrected chi connectivity index (χ1v) is 5.39. The van der Waals surface area contributed by atoms with Crippen molar-refractivity contribution in [3.05, 3.63) is 0 Å². The zero-order valence-corrected chi connectivity index (χ0v) is 8.85. The van der Waals surface area contributed by atoms with Crippen LogP contribution in [-0.4, -0.2) is 36.9 Å². The van der Waals surface area contributed by atoms with Gasteiger partial charge >= 0.3 is 6.18 Å². The molecule has 1 spiro atoms. The van der Waals surface area contributed by atoms with Crippen molar-refractivity contribution in [3.8, 4) is 0 Å². The second-order valence-electron chi connectivity index (χ2n) is 4.54. The third-order valence-electron chi connectivity index (χ3n) is 3.69. The summed E-state index contributed by atoms with van der Waals surface area (Å²) in [6, 6.07) is 0. The number of ether oxygens (including phenoxy) is 2. The monoisotopic (exact) mass is 240 g/mol. The smallest absolute Gasteiger partial charge is 0.395 e. The molecule has 94 valence electrons. The number of aliphatic hydroxyl groups is 1. The van der Waals surface area contributed by atoms with E-state index in [1.165, 1.54) is 0 Å². The quantitative estimate of drug-likeness (QED) is 0.760. The molecule has 0 amide bonds. The third-order valence-corrected chi connectivity index (χ3v) is 3.69. The van der Waals surface area contributed by atoms with Gasteiger partial charge in [0, 0.05) is 12.8 Å². The van der Waals surface area contributed by atoms with Crippen LogP contribution >= 0.6 is 0 Å². The number of hydrogen-bond acceptors (Lipinski definition) is 3. The van der Waals surface area contributed by atoms with Crippen molar-refractivity contribution >= 4 is 0 Å². The maximum atomic E-state index is 12.8. The van der Waals surface area contributed by atoms with E-state index in [1.54, 1.807) is 0 Å². The van der Waals surface area contributed by atoms with E-state index in [9.17, 15) is 13.2 Å². The molecule has 1 saturated heterocycles. The molecule has 0 aromatic carbocycles. The SMILES string of the molecule is OCC1(C(F)(F)F)CCC2(CC1)OCCO2. The van der Waals surface area contributed by atoms with E-state index in [-0.39, 0.29) is 25.7 Å². The lowest BCUT2D eigenvalue weighted by Crippen LogP contribution is -2.49. The Morgan fingerprint density at radius 3 is 1.88 bits per heavy atom. The second kappa shape index (κ2) is 3.85. The molecule has 1 aliphatic carbocycles. The van der Waals surface area contributed by atoms with Gasteiger partial charge in [-0.15, -0.1) is 0 Å². The highest BCUT2D eigenvalue weighted by Gasteiger charge is 2.58. The van der Waals surface area contributed by atoms with Gasteiger partial charge < -0.3 is 14.6 Å². The van der Waals surface area contributed by atoms with Crippen molar-refractivity contribution in [1.82, 2.24) is 0 Å². The van der Waals surface area contributed by atoms with Crippen LogP contribution in [0.25, 0.3) is 0 Å². The topological polar surface area (TPSA) is 38.7 Å². The molecule has 0 unspecified atom stereocenters. The molecular formula is C10H15F3O3. The summed E-state index contributed by atoms with van der Waals surface area (Å²) >= 11 is 0. The normalized spacial score (nSPS) is 28.5. The van der Waals surface area contributed by atoms with Crippen LogP contribution in [0, 0.1) is 5.41 Å². The van der Waals surface area contributed by atoms with Gasteiger partial charge in [-0.25, -0.2) is 0 Å². The van der Waals surface area contributed by atoms with E-state index < -0.39 is 24.0 Å². The van der Waals surface area contributed by atoms with Crippen molar-refractivity contribution in [2.45, 2.75) is 37.6 Å². The van der Waals surface area contributed by atoms with Gasteiger partial charge in [0.15, 0.2) is 5.79 Å². The van der Waals surface area contributed by atoms with Gasteiger partial charge in [-0.3, -0.25) is 0 Å². The summed E-state index contributed by atoms with van der Waals surface area (Å²) in [5.41, 5.74) is -1.96. The fourth-order valence-electron chi connectivity index (χ4n) is 2.43. The molecule has 2 aliphatic rings. The average molecular weight is 240 g/mol. The maximum Gasteiger partial charge on any atom is 0.396 e. The molecule has 0 bridgehead atoms. The maximum absolute atomic E-state index is 12.8. The summed E-state index contributed by atoms with van der Waals surface area (Å²) < 4.78 is 49.2. The predicted octanol–water partition coefficient (Wildman–Crippen LogP) is 1.84. The van der Waals surface area contributed by atoms with Crippen LogP contribution in [0.4, 0.5) is 13.2 Å². The first-order valence-electron chi connectivity index (χ1n) is 5.39. The van der Waals surface area contributed by atoms with E-state index in [2.05, 4.69) is 0 Å². The average Bonchev–Trinajstić information content (AvgIpc) is 2.67. The second-order valence-corrected chi connectivity index (χ2v) is 4.54. The van der Waals surface area contributed by atoms with Gasteiger partial charge in [-0.1, -0.05) is 0 Å². The third kappa shape index (κ3) is 1.83. The molecule has 2 rings (SSSR count). The Morgan fingerprint density at radius 2 is 1.50 bits per heavy atom. The van der Waals surface area contributed by atoms with Crippen LogP contribution < -0.4 is 0 Å². The first-order chi connectivity index (χ1) is 7.43. The van der Waals surface area contributed by atoms with Crippen molar-refractivity contribution in [1.29, 1.82) is 0 Å². The zero-order valence-electron chi connectivity index (χ0n) is 8.85. The van der Waals surface area contributed by atoms with Crippen LogP contribution in [0.3, 0.4) is 0 Å². The van der Waals surface area contributed by atoms with Crippen molar-refractivity contribution in [2.24, 2.45) is 5.41 Å². The highest BCUT2D eigenvalue weighted by Crippen LogP contribution is 2.52. The van der Waals surface area contributed by atoms with E-state index >= 15 is 0 Å². The molecule has 1 saturated carbocycles. The fraction of sp³-hybridized carbons (Fsp3) is 1.00. The van der Waals surface area contributed by atoms with Gasteiger partial charge in [-0.05, 0) is 12.8 Å².